The summed E-state index contributed by atoms with van der Waals surface area (Å²) in [4.78, 5) is 16.2. The van der Waals surface area contributed by atoms with Gasteiger partial charge in [-0.1, -0.05) is 13.8 Å². The van der Waals surface area contributed by atoms with Crippen molar-refractivity contribution >= 4 is 11.9 Å². The van der Waals surface area contributed by atoms with Crippen LogP contribution in [-0.4, -0.2) is 52.5 Å². The van der Waals surface area contributed by atoms with Crippen molar-refractivity contribution in [2.45, 2.75) is 66.0 Å². The van der Waals surface area contributed by atoms with E-state index in [2.05, 4.69) is 21.2 Å². The standard InChI is InChI=1S/C19H29N5O2/c1-7-14-15(11-20)17(22-21-16(14)8-2)23-9-10-24(13(3)12-23)18(25)26-19(4,5)6/h13H,7-10,12H2,1-6H3/t13-/m1/s1. The molecule has 1 saturated heterocycles. The van der Waals surface area contributed by atoms with Gasteiger partial charge < -0.3 is 14.5 Å². The van der Waals surface area contributed by atoms with Crippen molar-refractivity contribution in [1.29, 1.82) is 5.26 Å². The van der Waals surface area contributed by atoms with Crippen LogP contribution in [0.3, 0.4) is 0 Å². The highest BCUT2D eigenvalue weighted by Crippen LogP contribution is 2.26. The molecule has 26 heavy (non-hydrogen) atoms. The van der Waals surface area contributed by atoms with Crippen LogP contribution in [0.15, 0.2) is 0 Å². The Morgan fingerprint density at radius 3 is 2.46 bits per heavy atom. The summed E-state index contributed by atoms with van der Waals surface area (Å²) in [6, 6.07) is 2.28. The van der Waals surface area contributed by atoms with E-state index in [1.807, 2.05) is 41.5 Å². The third-order valence-corrected chi connectivity index (χ3v) is 4.49. The number of carbonyl (C=O) groups is 1. The van der Waals surface area contributed by atoms with Gasteiger partial charge in [0, 0.05) is 25.7 Å². The summed E-state index contributed by atoms with van der Waals surface area (Å²) in [5.74, 6) is 0.622. The molecule has 2 rings (SSSR count). The number of anilines is 1. The Balaban J connectivity index is 2.21. The first-order valence-corrected chi connectivity index (χ1v) is 9.24. The molecule has 0 aliphatic carbocycles. The number of piperazine rings is 1. The van der Waals surface area contributed by atoms with Crippen LogP contribution >= 0.6 is 0 Å². The summed E-state index contributed by atoms with van der Waals surface area (Å²) < 4.78 is 5.49. The van der Waals surface area contributed by atoms with Gasteiger partial charge in [-0.15, -0.1) is 5.10 Å². The summed E-state index contributed by atoms with van der Waals surface area (Å²) >= 11 is 0. The number of nitriles is 1. The zero-order valence-electron chi connectivity index (χ0n) is 16.7. The number of hydrogen-bond acceptors (Lipinski definition) is 6. The molecule has 0 unspecified atom stereocenters. The van der Waals surface area contributed by atoms with Gasteiger partial charge in [0.25, 0.3) is 0 Å². The topological polar surface area (TPSA) is 82.3 Å². The van der Waals surface area contributed by atoms with Gasteiger partial charge in [-0.25, -0.2) is 4.79 Å². The zero-order chi connectivity index (χ0) is 19.5. The predicted molar refractivity (Wildman–Crippen MR) is 100 cm³/mol. The van der Waals surface area contributed by atoms with Crippen LogP contribution in [0.25, 0.3) is 0 Å². The normalized spacial score (nSPS) is 17.8. The van der Waals surface area contributed by atoms with Gasteiger partial charge in [0.15, 0.2) is 5.82 Å². The van der Waals surface area contributed by atoms with E-state index in [9.17, 15) is 10.1 Å². The van der Waals surface area contributed by atoms with Gasteiger partial charge in [-0.3, -0.25) is 0 Å². The number of aryl methyl sites for hydroxylation is 1. The molecule has 0 bridgehead atoms. The second-order valence-electron chi connectivity index (χ2n) is 7.61. The lowest BCUT2D eigenvalue weighted by atomic mass is 10.0. The van der Waals surface area contributed by atoms with Crippen LogP contribution in [0.4, 0.5) is 10.6 Å². The Bertz CT molecular complexity index is 705. The lowest BCUT2D eigenvalue weighted by Gasteiger charge is -2.40. The van der Waals surface area contributed by atoms with Crippen molar-refractivity contribution in [1.82, 2.24) is 15.1 Å². The average Bonchev–Trinajstić information content (AvgIpc) is 2.58. The number of nitrogens with zero attached hydrogens (tertiary/aromatic N) is 5. The summed E-state index contributed by atoms with van der Waals surface area (Å²) in [6.07, 6.45) is 1.21. The maximum absolute atomic E-state index is 12.4. The summed E-state index contributed by atoms with van der Waals surface area (Å²) in [6.45, 7) is 13.3. The second kappa shape index (κ2) is 7.90. The third kappa shape index (κ3) is 4.24. The number of aromatic nitrogens is 2. The van der Waals surface area contributed by atoms with Crippen LogP contribution in [-0.2, 0) is 17.6 Å². The predicted octanol–water partition coefficient (Wildman–Crippen LogP) is 2.92. The van der Waals surface area contributed by atoms with Gasteiger partial charge >= 0.3 is 6.09 Å². The molecule has 0 saturated carbocycles. The fourth-order valence-electron chi connectivity index (χ4n) is 3.24. The maximum atomic E-state index is 12.4. The van der Waals surface area contributed by atoms with Gasteiger partial charge in [0.05, 0.1) is 5.69 Å². The highest BCUT2D eigenvalue weighted by Gasteiger charge is 2.32. The molecule has 0 spiro atoms. The molecule has 1 amide bonds. The molecule has 1 atom stereocenters. The van der Waals surface area contributed by atoms with Crippen molar-refractivity contribution in [3.05, 3.63) is 16.8 Å². The van der Waals surface area contributed by atoms with Crippen LogP contribution in [0.5, 0.6) is 0 Å². The van der Waals surface area contributed by atoms with E-state index in [-0.39, 0.29) is 12.1 Å². The summed E-state index contributed by atoms with van der Waals surface area (Å²) in [7, 11) is 0. The average molecular weight is 359 g/mol. The Labute approximate surface area is 155 Å². The minimum Gasteiger partial charge on any atom is -0.444 e. The van der Waals surface area contributed by atoms with Crippen LogP contribution in [0.2, 0.25) is 0 Å². The number of amides is 1. The third-order valence-electron chi connectivity index (χ3n) is 4.49. The maximum Gasteiger partial charge on any atom is 0.410 e. The second-order valence-corrected chi connectivity index (χ2v) is 7.61. The van der Waals surface area contributed by atoms with E-state index in [0.29, 0.717) is 31.0 Å². The smallest absolute Gasteiger partial charge is 0.410 e. The molecule has 1 aliphatic rings. The SMILES string of the molecule is CCc1nnc(N2CCN(C(=O)OC(C)(C)C)[C@H](C)C2)c(C#N)c1CC. The van der Waals surface area contributed by atoms with Crippen molar-refractivity contribution in [3.8, 4) is 6.07 Å². The molecule has 7 nitrogen and oxygen atoms in total. The lowest BCUT2D eigenvalue weighted by Crippen LogP contribution is -2.55. The highest BCUT2D eigenvalue weighted by atomic mass is 16.6. The molecule has 1 aromatic rings. The molecule has 0 aromatic carbocycles. The molecular weight excluding hydrogens is 330 g/mol. The fourth-order valence-corrected chi connectivity index (χ4v) is 3.24. The van der Waals surface area contributed by atoms with Crippen molar-refractivity contribution in [3.63, 3.8) is 0 Å². The summed E-state index contributed by atoms with van der Waals surface area (Å²) in [5.41, 5.74) is 1.95. The van der Waals surface area contributed by atoms with Gasteiger partial charge in [0.1, 0.15) is 17.2 Å². The van der Waals surface area contributed by atoms with Crippen molar-refractivity contribution in [2.75, 3.05) is 24.5 Å². The van der Waals surface area contributed by atoms with E-state index >= 15 is 0 Å². The summed E-state index contributed by atoms with van der Waals surface area (Å²) in [5, 5.41) is 18.4. The van der Waals surface area contributed by atoms with E-state index in [1.54, 1.807) is 4.90 Å². The van der Waals surface area contributed by atoms with Crippen LogP contribution < -0.4 is 4.90 Å². The number of hydrogen-bond donors (Lipinski definition) is 0. The molecule has 0 radical (unpaired) electrons. The number of rotatable bonds is 3. The molecule has 7 heteroatoms. The Hall–Kier alpha value is -2.36. The fraction of sp³-hybridized carbons (Fsp3) is 0.684. The molecule has 1 fully saturated rings. The highest BCUT2D eigenvalue weighted by molar-refractivity contribution is 5.69. The molecule has 142 valence electrons. The van der Waals surface area contributed by atoms with E-state index in [0.717, 1.165) is 24.1 Å². The lowest BCUT2D eigenvalue weighted by molar-refractivity contribution is 0.0158. The first-order valence-electron chi connectivity index (χ1n) is 9.24. The minimum atomic E-state index is -0.514. The zero-order valence-corrected chi connectivity index (χ0v) is 16.7. The Kier molecular flexibility index (Phi) is 6.06. The first kappa shape index (κ1) is 20.0. The van der Waals surface area contributed by atoms with Gasteiger partial charge in [-0.2, -0.15) is 10.4 Å². The van der Waals surface area contributed by atoms with Crippen molar-refractivity contribution in [2.24, 2.45) is 0 Å². The van der Waals surface area contributed by atoms with Crippen LogP contribution in [0.1, 0.15) is 58.4 Å². The number of carbonyl (C=O) groups excluding carboxylic acids is 1. The van der Waals surface area contributed by atoms with Gasteiger partial charge in [0.2, 0.25) is 0 Å². The monoisotopic (exact) mass is 359 g/mol. The molecule has 1 aliphatic heterocycles. The molecule has 0 N–H and O–H groups in total. The molecule has 2 heterocycles. The van der Waals surface area contributed by atoms with Crippen LogP contribution in [0, 0.1) is 11.3 Å². The van der Waals surface area contributed by atoms with E-state index in [1.165, 1.54) is 0 Å². The minimum absolute atomic E-state index is 0.0390. The number of ether oxygens (including phenoxy) is 1. The molecule has 1 aromatic heterocycles. The quantitative estimate of drug-likeness (QED) is 0.825. The first-order chi connectivity index (χ1) is 12.2. The Morgan fingerprint density at radius 2 is 1.96 bits per heavy atom. The van der Waals surface area contributed by atoms with Crippen molar-refractivity contribution < 1.29 is 9.53 Å². The van der Waals surface area contributed by atoms with E-state index in [4.69, 9.17) is 4.74 Å². The molecular formula is C19H29N5O2. The van der Waals surface area contributed by atoms with E-state index < -0.39 is 5.60 Å². The Morgan fingerprint density at radius 1 is 1.27 bits per heavy atom. The largest absolute Gasteiger partial charge is 0.444 e. The van der Waals surface area contributed by atoms with Gasteiger partial charge in [-0.05, 0) is 46.1 Å².